The lowest BCUT2D eigenvalue weighted by Crippen LogP contribution is -2.36. The van der Waals surface area contributed by atoms with Crippen molar-refractivity contribution < 1.29 is 0 Å². The molecule has 0 bridgehead atoms. The Morgan fingerprint density at radius 3 is 2.06 bits per heavy atom. The SMILES string of the molecule is CC(C)(C)P(c1cccc2c1[C@@]1(CCc3cccc(NCc4ccccn4)c31)CC2)C(C)(C)C. The van der Waals surface area contributed by atoms with Crippen LogP contribution in [0.25, 0.3) is 0 Å². The van der Waals surface area contributed by atoms with Crippen molar-refractivity contribution in [3.8, 4) is 0 Å². The molecular formula is C31H39N2P. The molecule has 2 aliphatic carbocycles. The topological polar surface area (TPSA) is 24.9 Å². The molecule has 0 fully saturated rings. The maximum atomic E-state index is 4.54. The zero-order valence-electron chi connectivity index (χ0n) is 21.7. The van der Waals surface area contributed by atoms with Crippen molar-refractivity contribution in [2.45, 2.75) is 89.5 Å². The number of aromatic nitrogens is 1. The van der Waals surface area contributed by atoms with Crippen molar-refractivity contribution in [3.63, 3.8) is 0 Å². The highest BCUT2D eigenvalue weighted by Crippen LogP contribution is 2.62. The van der Waals surface area contributed by atoms with Gasteiger partial charge in [-0.15, -0.1) is 0 Å². The minimum absolute atomic E-state index is 0.131. The predicted molar refractivity (Wildman–Crippen MR) is 148 cm³/mol. The van der Waals surface area contributed by atoms with Gasteiger partial charge in [-0.1, -0.05) is 85.9 Å². The molecule has 3 heteroatoms. The second-order valence-corrected chi connectivity index (χ2v) is 15.9. The summed E-state index contributed by atoms with van der Waals surface area (Å²) in [6, 6.07) is 20.3. The van der Waals surface area contributed by atoms with Crippen LogP contribution in [0.3, 0.4) is 0 Å². The highest BCUT2D eigenvalue weighted by atomic mass is 31.1. The number of pyridine rings is 1. The number of benzene rings is 2. The van der Waals surface area contributed by atoms with Gasteiger partial charge in [-0.3, -0.25) is 4.98 Å². The Morgan fingerprint density at radius 1 is 0.794 bits per heavy atom. The van der Waals surface area contributed by atoms with Crippen LogP contribution < -0.4 is 10.6 Å². The summed E-state index contributed by atoms with van der Waals surface area (Å²) in [5.41, 5.74) is 8.89. The van der Waals surface area contributed by atoms with Gasteiger partial charge in [-0.25, -0.2) is 0 Å². The molecule has 5 rings (SSSR count). The molecule has 34 heavy (non-hydrogen) atoms. The van der Waals surface area contributed by atoms with E-state index in [-0.39, 0.29) is 23.6 Å². The van der Waals surface area contributed by atoms with Crippen LogP contribution in [0.4, 0.5) is 5.69 Å². The first-order valence-corrected chi connectivity index (χ1v) is 14.1. The average molecular weight is 471 g/mol. The Balaban J connectivity index is 1.64. The van der Waals surface area contributed by atoms with Crippen LogP contribution in [0.1, 0.15) is 82.3 Å². The molecule has 0 saturated heterocycles. The Kier molecular flexibility index (Phi) is 5.88. The van der Waals surface area contributed by atoms with E-state index >= 15 is 0 Å². The van der Waals surface area contributed by atoms with Crippen LogP contribution in [0.2, 0.25) is 0 Å². The van der Waals surface area contributed by atoms with Gasteiger partial charge in [-0.05, 0) is 81.8 Å². The van der Waals surface area contributed by atoms with Crippen LogP contribution in [0.15, 0.2) is 60.8 Å². The van der Waals surface area contributed by atoms with Gasteiger partial charge in [0.1, 0.15) is 0 Å². The number of rotatable bonds is 4. The van der Waals surface area contributed by atoms with Crippen LogP contribution in [-0.4, -0.2) is 15.3 Å². The Labute approximate surface area is 207 Å². The molecule has 1 spiro atoms. The zero-order valence-corrected chi connectivity index (χ0v) is 22.6. The molecule has 0 amide bonds. The second kappa shape index (κ2) is 8.49. The molecule has 0 radical (unpaired) electrons. The first-order valence-electron chi connectivity index (χ1n) is 12.8. The average Bonchev–Trinajstić information content (AvgIpc) is 3.34. The van der Waals surface area contributed by atoms with Crippen LogP contribution in [0.5, 0.6) is 0 Å². The largest absolute Gasteiger partial charge is 0.379 e. The molecule has 0 saturated carbocycles. The molecule has 1 N–H and O–H groups in total. The number of aryl methyl sites for hydroxylation is 2. The minimum Gasteiger partial charge on any atom is -0.379 e. The molecule has 0 unspecified atom stereocenters. The fraction of sp³-hybridized carbons (Fsp3) is 0.452. The second-order valence-electron chi connectivity index (χ2n) is 12.1. The summed E-state index contributed by atoms with van der Waals surface area (Å²) in [4.78, 5) is 4.54. The highest BCUT2D eigenvalue weighted by Gasteiger charge is 2.49. The lowest BCUT2D eigenvalue weighted by atomic mass is 9.76. The van der Waals surface area contributed by atoms with E-state index in [0.717, 1.165) is 12.2 Å². The van der Waals surface area contributed by atoms with Gasteiger partial charge in [0.05, 0.1) is 12.2 Å². The van der Waals surface area contributed by atoms with Crippen molar-refractivity contribution in [2.24, 2.45) is 0 Å². The fourth-order valence-corrected chi connectivity index (χ4v) is 11.2. The smallest absolute Gasteiger partial charge is 0.0594 e. The Bertz CT molecular complexity index is 1170. The van der Waals surface area contributed by atoms with Gasteiger partial charge in [0, 0.05) is 17.3 Å². The normalized spacial score (nSPS) is 19.5. The van der Waals surface area contributed by atoms with Crippen LogP contribution in [-0.2, 0) is 24.8 Å². The number of nitrogens with zero attached hydrogens (tertiary/aromatic N) is 1. The van der Waals surface area contributed by atoms with Crippen LogP contribution >= 0.6 is 7.92 Å². The van der Waals surface area contributed by atoms with Crippen molar-refractivity contribution in [1.82, 2.24) is 4.98 Å². The monoisotopic (exact) mass is 470 g/mol. The van der Waals surface area contributed by atoms with E-state index in [4.69, 9.17) is 0 Å². The van der Waals surface area contributed by atoms with E-state index in [1.54, 1.807) is 22.0 Å². The van der Waals surface area contributed by atoms with Gasteiger partial charge in [-0.2, -0.15) is 0 Å². The molecule has 3 aromatic rings. The first-order chi connectivity index (χ1) is 16.1. The van der Waals surface area contributed by atoms with Gasteiger partial charge < -0.3 is 5.32 Å². The molecule has 1 heterocycles. The van der Waals surface area contributed by atoms with E-state index in [1.807, 2.05) is 12.3 Å². The molecule has 1 aromatic heterocycles. The minimum atomic E-state index is -0.356. The van der Waals surface area contributed by atoms with Gasteiger partial charge in [0.25, 0.3) is 0 Å². The van der Waals surface area contributed by atoms with E-state index in [1.165, 1.54) is 36.9 Å². The molecular weight excluding hydrogens is 431 g/mol. The van der Waals surface area contributed by atoms with Crippen molar-refractivity contribution >= 4 is 18.9 Å². The number of nitrogens with one attached hydrogen (secondary N) is 1. The summed E-state index contributed by atoms with van der Waals surface area (Å²) in [7, 11) is -0.356. The highest BCUT2D eigenvalue weighted by molar-refractivity contribution is 7.68. The summed E-state index contributed by atoms with van der Waals surface area (Å²) in [5.74, 6) is 0. The van der Waals surface area contributed by atoms with E-state index in [9.17, 15) is 0 Å². The summed E-state index contributed by atoms with van der Waals surface area (Å²) in [6.45, 7) is 15.5. The molecule has 0 aliphatic heterocycles. The molecule has 2 aliphatic rings. The molecule has 1 atom stereocenters. The summed E-state index contributed by atoms with van der Waals surface area (Å²) in [6.07, 6.45) is 6.70. The summed E-state index contributed by atoms with van der Waals surface area (Å²) in [5, 5.41) is 5.95. The quantitative estimate of drug-likeness (QED) is 0.398. The zero-order chi connectivity index (χ0) is 24.1. The third-order valence-electron chi connectivity index (χ3n) is 7.65. The Hall–Kier alpha value is -2.18. The molecule has 2 nitrogen and oxygen atoms in total. The summed E-state index contributed by atoms with van der Waals surface area (Å²) >= 11 is 0. The molecule has 178 valence electrons. The third kappa shape index (κ3) is 3.99. The van der Waals surface area contributed by atoms with E-state index < -0.39 is 0 Å². The third-order valence-corrected chi connectivity index (χ3v) is 11.2. The predicted octanol–water partition coefficient (Wildman–Crippen LogP) is 7.58. The van der Waals surface area contributed by atoms with Gasteiger partial charge >= 0.3 is 0 Å². The molecule has 2 aromatic carbocycles. The maximum Gasteiger partial charge on any atom is 0.0594 e. The number of anilines is 1. The van der Waals surface area contributed by atoms with E-state index in [0.29, 0.717) is 0 Å². The van der Waals surface area contributed by atoms with Crippen molar-refractivity contribution in [1.29, 1.82) is 0 Å². The number of hydrogen-bond acceptors (Lipinski definition) is 2. The van der Waals surface area contributed by atoms with Gasteiger partial charge in [0.2, 0.25) is 0 Å². The van der Waals surface area contributed by atoms with E-state index in [2.05, 4.69) is 100 Å². The van der Waals surface area contributed by atoms with Crippen LogP contribution in [0, 0.1) is 0 Å². The number of fused-ring (bicyclic) bond motifs is 4. The first kappa shape index (κ1) is 23.6. The maximum absolute atomic E-state index is 4.54. The number of hydrogen-bond donors (Lipinski definition) is 1. The van der Waals surface area contributed by atoms with Crippen molar-refractivity contribution in [2.75, 3.05) is 5.32 Å². The fourth-order valence-electron chi connectivity index (χ4n) is 6.92. The lowest BCUT2D eigenvalue weighted by Gasteiger charge is -2.44. The lowest BCUT2D eigenvalue weighted by molar-refractivity contribution is 0.510. The van der Waals surface area contributed by atoms with Gasteiger partial charge in [0.15, 0.2) is 0 Å². The Morgan fingerprint density at radius 2 is 1.44 bits per heavy atom. The van der Waals surface area contributed by atoms with Crippen molar-refractivity contribution in [3.05, 3.63) is 88.7 Å². The summed E-state index contributed by atoms with van der Waals surface area (Å²) < 4.78 is 0. The standard InChI is InChI=1S/C31H39N2P/c1-29(2,3)34(30(4,5)6)26-15-10-12-23-17-19-31(28(23)26)18-16-22-11-9-14-25(27(22)31)33-21-24-13-7-8-20-32-24/h7-15,20,33H,16-19,21H2,1-6H3/t31-/m0/s1.